The summed E-state index contributed by atoms with van der Waals surface area (Å²) < 4.78 is 20.6. The van der Waals surface area contributed by atoms with Gasteiger partial charge in [-0.05, 0) is 83.1 Å². The van der Waals surface area contributed by atoms with Gasteiger partial charge in [-0.1, -0.05) is 61.7 Å². The minimum atomic E-state index is -0.902. The van der Waals surface area contributed by atoms with Crippen molar-refractivity contribution in [2.45, 2.75) is 51.0 Å². The number of thioether (sulfide) groups is 1. The predicted molar refractivity (Wildman–Crippen MR) is 156 cm³/mol. The molecule has 0 radical (unpaired) electrons. The predicted octanol–water partition coefficient (Wildman–Crippen LogP) is 7.31. The van der Waals surface area contributed by atoms with Crippen molar-refractivity contribution in [3.05, 3.63) is 99.7 Å². The van der Waals surface area contributed by atoms with Gasteiger partial charge in [-0.3, -0.25) is 14.5 Å². The number of ether oxygens (including phenoxy) is 1. The minimum absolute atomic E-state index is 0.0647. The van der Waals surface area contributed by atoms with Crippen LogP contribution in [0, 0.1) is 5.82 Å². The van der Waals surface area contributed by atoms with Gasteiger partial charge in [0.05, 0.1) is 17.0 Å². The molecule has 1 heterocycles. The van der Waals surface area contributed by atoms with E-state index in [1.54, 1.807) is 49.5 Å². The number of carbonyl (C=O) groups excluding carboxylic acids is 1. The first-order valence-electron chi connectivity index (χ1n) is 13.4. The summed E-state index contributed by atoms with van der Waals surface area (Å²) in [4.78, 5) is 30.1. The summed E-state index contributed by atoms with van der Waals surface area (Å²) in [5, 5.41) is 9.40. The molecule has 2 fully saturated rings. The fourth-order valence-corrected chi connectivity index (χ4v) is 5.97. The van der Waals surface area contributed by atoms with Crippen molar-refractivity contribution in [2.75, 3.05) is 7.05 Å². The van der Waals surface area contributed by atoms with Crippen LogP contribution in [0.4, 0.5) is 10.1 Å². The first-order chi connectivity index (χ1) is 19.4. The molecule has 5 rings (SSSR count). The largest absolute Gasteiger partial charge is 0.486 e. The minimum Gasteiger partial charge on any atom is -0.486 e. The number of nitrogens with zero attached hydrogens (tertiary/aromatic N) is 2. The number of hydrogen-bond acceptors (Lipinski definition) is 5. The molecule has 0 aromatic heterocycles. The molecule has 0 atom stereocenters. The van der Waals surface area contributed by atoms with Crippen LogP contribution in [0.25, 0.3) is 6.08 Å². The topological polar surface area (TPSA) is 79.2 Å². The van der Waals surface area contributed by atoms with E-state index in [0.717, 1.165) is 5.56 Å². The first kappa shape index (κ1) is 27.6. The third-order valence-electron chi connectivity index (χ3n) is 7.22. The van der Waals surface area contributed by atoms with Gasteiger partial charge in [0.1, 0.15) is 6.61 Å². The molecule has 1 aliphatic carbocycles. The average molecular weight is 559 g/mol. The zero-order chi connectivity index (χ0) is 28.1. The molecule has 0 bridgehead atoms. The van der Waals surface area contributed by atoms with E-state index in [9.17, 15) is 14.0 Å². The van der Waals surface area contributed by atoms with Gasteiger partial charge in [0.25, 0.3) is 5.91 Å². The number of amidine groups is 1. The molecule has 1 N–H and O–H groups in total. The number of hydrogen-bond donors (Lipinski definition) is 1. The van der Waals surface area contributed by atoms with Gasteiger partial charge in [-0.2, -0.15) is 0 Å². The SMILES string of the molecule is CN1C(=O)C(=Cc2ccc(OCc3ccc(C4CCCCC4)cc3)c(F)c2)SC1=Nc1ccc(CC(=O)O)cc1. The van der Waals surface area contributed by atoms with Gasteiger partial charge in [0, 0.05) is 7.05 Å². The van der Waals surface area contributed by atoms with Crippen molar-refractivity contribution in [3.8, 4) is 5.75 Å². The number of aliphatic carboxylic acids is 1. The van der Waals surface area contributed by atoms with Crippen LogP contribution in [0.15, 0.2) is 76.6 Å². The normalized spacial score (nSPS) is 18.1. The van der Waals surface area contributed by atoms with Crippen LogP contribution in [-0.2, 0) is 22.6 Å². The molecule has 1 amide bonds. The quantitative estimate of drug-likeness (QED) is 0.293. The molecule has 3 aromatic rings. The van der Waals surface area contributed by atoms with E-state index in [4.69, 9.17) is 9.84 Å². The Hall–Kier alpha value is -3.91. The summed E-state index contributed by atoms with van der Waals surface area (Å²) >= 11 is 1.20. The Kier molecular flexibility index (Phi) is 8.65. The summed E-state index contributed by atoms with van der Waals surface area (Å²) in [6, 6.07) is 19.9. The number of carbonyl (C=O) groups is 2. The summed E-state index contributed by atoms with van der Waals surface area (Å²) in [5.74, 6) is -0.821. The van der Waals surface area contributed by atoms with Crippen molar-refractivity contribution in [3.63, 3.8) is 0 Å². The molecule has 3 aromatic carbocycles. The molecule has 40 heavy (non-hydrogen) atoms. The number of aliphatic imine (C=N–C) groups is 1. The molecular formula is C32H31FN2O4S. The van der Waals surface area contributed by atoms with Crippen LogP contribution in [0.5, 0.6) is 5.75 Å². The lowest BCUT2D eigenvalue weighted by molar-refractivity contribution is -0.136. The van der Waals surface area contributed by atoms with Crippen LogP contribution in [0.3, 0.4) is 0 Å². The third kappa shape index (κ3) is 6.80. The highest BCUT2D eigenvalue weighted by atomic mass is 32.2. The molecule has 8 heteroatoms. The fraction of sp³-hybridized carbons (Fsp3) is 0.281. The Morgan fingerprint density at radius 1 is 1.05 bits per heavy atom. The maximum Gasteiger partial charge on any atom is 0.307 e. The first-order valence-corrected chi connectivity index (χ1v) is 14.3. The highest BCUT2D eigenvalue weighted by Gasteiger charge is 2.30. The highest BCUT2D eigenvalue weighted by molar-refractivity contribution is 8.18. The molecular weight excluding hydrogens is 527 g/mol. The second kappa shape index (κ2) is 12.5. The lowest BCUT2D eigenvalue weighted by Crippen LogP contribution is -2.23. The number of likely N-dealkylation sites (N-methyl/N-ethyl adjacent to an activating group) is 1. The van der Waals surface area contributed by atoms with E-state index in [2.05, 4.69) is 29.3 Å². The fourth-order valence-electron chi connectivity index (χ4n) is 4.98. The van der Waals surface area contributed by atoms with Gasteiger partial charge in [0.15, 0.2) is 16.7 Å². The van der Waals surface area contributed by atoms with E-state index in [1.165, 1.54) is 60.4 Å². The van der Waals surface area contributed by atoms with Crippen molar-refractivity contribution in [2.24, 2.45) is 4.99 Å². The van der Waals surface area contributed by atoms with Gasteiger partial charge >= 0.3 is 5.97 Å². The molecule has 1 saturated heterocycles. The number of amides is 1. The third-order valence-corrected chi connectivity index (χ3v) is 8.28. The Morgan fingerprint density at radius 2 is 1.75 bits per heavy atom. The van der Waals surface area contributed by atoms with Crippen molar-refractivity contribution in [1.82, 2.24) is 4.90 Å². The van der Waals surface area contributed by atoms with Gasteiger partial charge in [0.2, 0.25) is 0 Å². The number of carboxylic acid groups (broad SMARTS) is 1. The summed E-state index contributed by atoms with van der Waals surface area (Å²) in [6.45, 7) is 0.276. The number of benzene rings is 3. The number of carboxylic acids is 1. The molecule has 206 valence electrons. The van der Waals surface area contributed by atoms with Crippen molar-refractivity contribution >= 4 is 40.6 Å². The number of halogens is 1. The Bertz CT molecular complexity index is 1440. The molecule has 0 spiro atoms. The van der Waals surface area contributed by atoms with E-state index in [-0.39, 0.29) is 24.7 Å². The Balaban J connectivity index is 1.21. The summed E-state index contributed by atoms with van der Waals surface area (Å²) in [5.41, 5.74) is 4.19. The van der Waals surface area contributed by atoms with Crippen LogP contribution in [0.2, 0.25) is 0 Å². The monoisotopic (exact) mass is 558 g/mol. The van der Waals surface area contributed by atoms with E-state index in [1.807, 2.05) is 0 Å². The molecule has 1 saturated carbocycles. The van der Waals surface area contributed by atoms with Gasteiger partial charge in [-0.15, -0.1) is 0 Å². The van der Waals surface area contributed by atoms with Crippen LogP contribution < -0.4 is 4.74 Å². The lowest BCUT2D eigenvalue weighted by atomic mass is 9.84. The summed E-state index contributed by atoms with van der Waals surface area (Å²) in [6.07, 6.45) is 8.00. The molecule has 0 unspecified atom stereocenters. The van der Waals surface area contributed by atoms with Crippen molar-refractivity contribution < 1.29 is 23.8 Å². The van der Waals surface area contributed by atoms with E-state index < -0.39 is 11.8 Å². The van der Waals surface area contributed by atoms with Gasteiger partial charge in [-0.25, -0.2) is 9.38 Å². The molecule has 6 nitrogen and oxygen atoms in total. The van der Waals surface area contributed by atoms with Crippen LogP contribution >= 0.6 is 11.8 Å². The van der Waals surface area contributed by atoms with E-state index >= 15 is 0 Å². The lowest BCUT2D eigenvalue weighted by Gasteiger charge is -2.22. The van der Waals surface area contributed by atoms with Crippen molar-refractivity contribution in [1.29, 1.82) is 0 Å². The maximum atomic E-state index is 14.9. The molecule has 2 aliphatic rings. The standard InChI is InChI=1S/C32H31FN2O4S/c1-35-31(38)29(40-32(35)34-26-14-9-21(10-15-26)19-30(36)37)18-23-11-16-28(27(33)17-23)39-20-22-7-12-25(13-8-22)24-5-3-2-4-6-24/h7-18,24H,2-6,19-20H2,1H3,(H,36,37). The second-order valence-electron chi connectivity index (χ2n) is 10.2. The molecule has 1 aliphatic heterocycles. The van der Waals surface area contributed by atoms with Crippen LogP contribution in [-0.4, -0.2) is 34.1 Å². The average Bonchev–Trinajstić information content (AvgIpc) is 3.21. The zero-order valence-corrected chi connectivity index (χ0v) is 23.1. The number of rotatable bonds is 8. The smallest absolute Gasteiger partial charge is 0.307 e. The maximum absolute atomic E-state index is 14.9. The zero-order valence-electron chi connectivity index (χ0n) is 22.3. The highest BCUT2D eigenvalue weighted by Crippen LogP contribution is 2.34. The Morgan fingerprint density at radius 3 is 2.42 bits per heavy atom. The van der Waals surface area contributed by atoms with Crippen LogP contribution in [0.1, 0.15) is 60.3 Å². The summed E-state index contributed by atoms with van der Waals surface area (Å²) in [7, 11) is 1.63. The van der Waals surface area contributed by atoms with E-state index in [0.29, 0.717) is 32.8 Å². The Labute approximate surface area is 237 Å². The second-order valence-corrected chi connectivity index (χ2v) is 11.2. The van der Waals surface area contributed by atoms with Gasteiger partial charge < -0.3 is 9.84 Å².